The molecule has 9 heteroatoms. The second kappa shape index (κ2) is 8.09. The average Bonchev–Trinajstić information content (AvgIpc) is 3.07. The highest BCUT2D eigenvalue weighted by Gasteiger charge is 2.32. The molecule has 1 aromatic rings. The number of carbonyl (C=O) groups is 2. The van der Waals surface area contributed by atoms with Crippen molar-refractivity contribution in [2.75, 3.05) is 6.54 Å². The van der Waals surface area contributed by atoms with Crippen LogP contribution in [0.15, 0.2) is 21.7 Å². The maximum Gasteiger partial charge on any atom is 0.303 e. The molecule has 1 fully saturated rings. The van der Waals surface area contributed by atoms with Crippen LogP contribution in [0.2, 0.25) is 0 Å². The molecule has 2 atom stereocenters. The molecular weight excluding hydrogens is 352 g/mol. The van der Waals surface area contributed by atoms with Crippen molar-refractivity contribution in [3.63, 3.8) is 0 Å². The molecule has 0 bridgehead atoms. The van der Waals surface area contributed by atoms with Crippen molar-refractivity contribution in [3.8, 4) is 0 Å². The van der Waals surface area contributed by atoms with Crippen LogP contribution in [-0.4, -0.2) is 48.9 Å². The third-order valence-corrected chi connectivity index (χ3v) is 7.00. The van der Waals surface area contributed by atoms with E-state index in [9.17, 15) is 18.0 Å². The van der Waals surface area contributed by atoms with Gasteiger partial charge in [0.1, 0.15) is 4.21 Å². The minimum Gasteiger partial charge on any atom is -0.481 e. The summed E-state index contributed by atoms with van der Waals surface area (Å²) in [5, 5.41) is 10.5. The number of piperidine rings is 1. The number of nitrogens with one attached hydrogen (secondary N) is 1. The van der Waals surface area contributed by atoms with Crippen molar-refractivity contribution in [2.45, 2.75) is 55.3 Å². The second-order valence-corrected chi connectivity index (χ2v) is 8.78. The molecule has 0 aromatic carbocycles. The number of aliphatic carboxylic acids is 1. The topological polar surface area (TPSA) is 104 Å². The molecule has 1 aliphatic rings. The molecule has 0 spiro atoms. The lowest BCUT2D eigenvalue weighted by Crippen LogP contribution is -2.52. The highest BCUT2D eigenvalue weighted by atomic mass is 32.2. The lowest BCUT2D eigenvalue weighted by Gasteiger charge is -2.37. The van der Waals surface area contributed by atoms with Crippen LogP contribution in [0, 0.1) is 0 Å². The molecule has 1 aliphatic heterocycles. The normalized spacial score (nSPS) is 19.9. The highest BCUT2D eigenvalue weighted by molar-refractivity contribution is 7.91. The average molecular weight is 374 g/mol. The number of rotatable bonds is 7. The lowest BCUT2D eigenvalue weighted by molar-refractivity contribution is -0.140. The number of thiophene rings is 1. The van der Waals surface area contributed by atoms with Gasteiger partial charge in [0.15, 0.2) is 0 Å². The minimum absolute atomic E-state index is 0.00372. The molecule has 2 heterocycles. The van der Waals surface area contributed by atoms with Crippen LogP contribution < -0.4 is 4.72 Å². The molecule has 1 amide bonds. The molecule has 1 aromatic heterocycles. The number of nitrogens with zero attached hydrogens (tertiary/aromatic N) is 1. The first-order valence-electron chi connectivity index (χ1n) is 7.89. The zero-order valence-electron chi connectivity index (χ0n) is 13.5. The minimum atomic E-state index is -3.72. The number of hydrogen-bond acceptors (Lipinski definition) is 5. The first kappa shape index (κ1) is 18.9. The van der Waals surface area contributed by atoms with Crippen LogP contribution in [-0.2, 0) is 19.6 Å². The molecule has 1 saturated heterocycles. The Kier molecular flexibility index (Phi) is 6.36. The standard InChI is InChI=1S/C15H22N2O5S2/c1-11(16-24(21,22)14-6-4-10-23-14)15(20)17-9-3-2-5-12(17)7-8-13(18)19/h4,6,10-12,16H,2-3,5,7-9H2,1H3,(H,18,19). The van der Waals surface area contributed by atoms with Gasteiger partial charge in [-0.3, -0.25) is 9.59 Å². The number of carboxylic acids is 1. The molecule has 24 heavy (non-hydrogen) atoms. The van der Waals surface area contributed by atoms with E-state index in [-0.39, 0.29) is 22.6 Å². The van der Waals surface area contributed by atoms with Gasteiger partial charge in [-0.1, -0.05) is 6.07 Å². The number of sulfonamides is 1. The Hall–Kier alpha value is -1.45. The van der Waals surface area contributed by atoms with Crippen molar-refractivity contribution >= 4 is 33.2 Å². The van der Waals surface area contributed by atoms with Crippen LogP contribution in [0.1, 0.15) is 39.0 Å². The van der Waals surface area contributed by atoms with Crippen molar-refractivity contribution in [1.29, 1.82) is 0 Å². The van der Waals surface area contributed by atoms with E-state index in [0.717, 1.165) is 30.6 Å². The maximum absolute atomic E-state index is 12.7. The predicted molar refractivity (Wildman–Crippen MR) is 90.3 cm³/mol. The van der Waals surface area contributed by atoms with Gasteiger partial charge in [0.05, 0.1) is 6.04 Å². The first-order chi connectivity index (χ1) is 11.3. The Morgan fingerprint density at radius 1 is 1.46 bits per heavy atom. The Balaban J connectivity index is 2.03. The van der Waals surface area contributed by atoms with E-state index in [1.54, 1.807) is 16.3 Å². The van der Waals surface area contributed by atoms with Crippen molar-refractivity contribution in [3.05, 3.63) is 17.5 Å². The van der Waals surface area contributed by atoms with Gasteiger partial charge in [-0.05, 0) is 44.1 Å². The number of hydrogen-bond donors (Lipinski definition) is 2. The Bertz CT molecular complexity index is 672. The number of carbonyl (C=O) groups excluding carboxylic acids is 1. The second-order valence-electron chi connectivity index (χ2n) is 5.89. The summed E-state index contributed by atoms with van der Waals surface area (Å²) in [5.74, 6) is -1.19. The van der Waals surface area contributed by atoms with E-state index >= 15 is 0 Å². The fraction of sp³-hybridized carbons (Fsp3) is 0.600. The zero-order chi connectivity index (χ0) is 17.7. The van der Waals surface area contributed by atoms with Gasteiger partial charge in [-0.25, -0.2) is 8.42 Å². The van der Waals surface area contributed by atoms with Gasteiger partial charge in [-0.2, -0.15) is 4.72 Å². The number of likely N-dealkylation sites (tertiary alicyclic amines) is 1. The van der Waals surface area contributed by atoms with E-state index in [2.05, 4.69) is 4.72 Å². The van der Waals surface area contributed by atoms with Gasteiger partial charge in [-0.15, -0.1) is 11.3 Å². The molecule has 7 nitrogen and oxygen atoms in total. The van der Waals surface area contributed by atoms with E-state index in [1.807, 2.05) is 0 Å². The fourth-order valence-electron chi connectivity index (χ4n) is 2.89. The monoisotopic (exact) mass is 374 g/mol. The summed E-state index contributed by atoms with van der Waals surface area (Å²) >= 11 is 1.09. The molecule has 134 valence electrons. The van der Waals surface area contributed by atoms with Crippen molar-refractivity contribution in [2.24, 2.45) is 0 Å². The Morgan fingerprint density at radius 3 is 2.83 bits per heavy atom. The SMILES string of the molecule is CC(NS(=O)(=O)c1cccs1)C(=O)N1CCCCC1CCC(=O)O. The quantitative estimate of drug-likeness (QED) is 0.755. The third-order valence-electron chi connectivity index (χ3n) is 4.06. The molecule has 2 rings (SSSR count). The van der Waals surface area contributed by atoms with Crippen molar-refractivity contribution in [1.82, 2.24) is 9.62 Å². The number of amides is 1. The van der Waals surface area contributed by atoms with Crippen LogP contribution in [0.3, 0.4) is 0 Å². The summed E-state index contributed by atoms with van der Waals surface area (Å²) in [4.78, 5) is 25.1. The first-order valence-corrected chi connectivity index (χ1v) is 10.3. The van der Waals surface area contributed by atoms with Gasteiger partial charge in [0.25, 0.3) is 10.0 Å². The summed E-state index contributed by atoms with van der Waals surface area (Å²) in [6, 6.07) is 2.09. The smallest absolute Gasteiger partial charge is 0.303 e. The predicted octanol–water partition coefficient (Wildman–Crippen LogP) is 1.66. The Morgan fingerprint density at radius 2 is 2.21 bits per heavy atom. The summed E-state index contributed by atoms with van der Waals surface area (Å²) in [7, 11) is -3.72. The summed E-state index contributed by atoms with van der Waals surface area (Å²) in [6.07, 6.45) is 2.95. The third kappa shape index (κ3) is 4.78. The molecule has 0 radical (unpaired) electrons. The largest absolute Gasteiger partial charge is 0.481 e. The van der Waals surface area contributed by atoms with E-state index in [1.165, 1.54) is 13.0 Å². The van der Waals surface area contributed by atoms with E-state index in [4.69, 9.17) is 5.11 Å². The van der Waals surface area contributed by atoms with Gasteiger partial charge < -0.3 is 10.0 Å². The molecule has 0 aliphatic carbocycles. The van der Waals surface area contributed by atoms with Crippen LogP contribution in [0.25, 0.3) is 0 Å². The van der Waals surface area contributed by atoms with Gasteiger partial charge in [0.2, 0.25) is 5.91 Å². The zero-order valence-corrected chi connectivity index (χ0v) is 15.1. The van der Waals surface area contributed by atoms with E-state index in [0.29, 0.717) is 13.0 Å². The van der Waals surface area contributed by atoms with Crippen LogP contribution >= 0.6 is 11.3 Å². The van der Waals surface area contributed by atoms with Crippen LogP contribution in [0.4, 0.5) is 0 Å². The van der Waals surface area contributed by atoms with Crippen molar-refractivity contribution < 1.29 is 23.1 Å². The number of carboxylic acid groups (broad SMARTS) is 1. The summed E-state index contributed by atoms with van der Waals surface area (Å²) in [6.45, 7) is 2.06. The highest BCUT2D eigenvalue weighted by Crippen LogP contribution is 2.22. The summed E-state index contributed by atoms with van der Waals surface area (Å²) in [5.41, 5.74) is 0. The van der Waals surface area contributed by atoms with Gasteiger partial charge >= 0.3 is 5.97 Å². The molecule has 2 unspecified atom stereocenters. The Labute approximate surface area is 145 Å². The van der Waals surface area contributed by atoms with E-state index < -0.39 is 22.0 Å². The maximum atomic E-state index is 12.7. The van der Waals surface area contributed by atoms with Gasteiger partial charge in [0, 0.05) is 19.0 Å². The van der Waals surface area contributed by atoms with Crippen LogP contribution in [0.5, 0.6) is 0 Å². The molecular formula is C15H22N2O5S2. The lowest BCUT2D eigenvalue weighted by atomic mass is 9.97. The summed E-state index contributed by atoms with van der Waals surface area (Å²) < 4.78 is 27.1. The molecule has 2 N–H and O–H groups in total. The molecule has 0 saturated carbocycles. The fourth-order valence-corrected chi connectivity index (χ4v) is 5.09.